The number of nitrogens with zero attached hydrogens (tertiary/aromatic N) is 8. The summed E-state index contributed by atoms with van der Waals surface area (Å²) in [5.74, 6) is -0.127. The number of piperidine rings is 1. The van der Waals surface area contributed by atoms with Crippen LogP contribution in [-0.4, -0.2) is 72.0 Å². The first kappa shape index (κ1) is 34.6. The molecule has 1 amide bonds. The van der Waals surface area contributed by atoms with Crippen molar-refractivity contribution in [3.8, 4) is 22.6 Å². The second kappa shape index (κ2) is 13.7. The summed E-state index contributed by atoms with van der Waals surface area (Å²) in [5, 5.41) is 11.0. The molecule has 0 bridgehead atoms. The Kier molecular flexibility index (Phi) is 9.12. The molecule has 1 aliphatic heterocycles. The van der Waals surface area contributed by atoms with E-state index in [9.17, 15) is 26.4 Å². The lowest BCUT2D eigenvalue weighted by Crippen LogP contribution is -2.50. The van der Waals surface area contributed by atoms with Gasteiger partial charge in [0, 0.05) is 49.0 Å². The zero-order valence-electron chi connectivity index (χ0n) is 27.9. The average Bonchev–Trinajstić information content (AvgIpc) is 3.75. The zero-order valence-corrected chi connectivity index (χ0v) is 28.7. The van der Waals surface area contributed by atoms with Crippen LogP contribution >= 0.6 is 0 Å². The molecule has 1 N–H and O–H groups in total. The summed E-state index contributed by atoms with van der Waals surface area (Å²) in [4.78, 5) is 27.5. The highest BCUT2D eigenvalue weighted by Crippen LogP contribution is 2.40. The third-order valence-corrected chi connectivity index (χ3v) is 10.6. The summed E-state index contributed by atoms with van der Waals surface area (Å²) >= 11 is 0. The van der Waals surface area contributed by atoms with Gasteiger partial charge in [-0.1, -0.05) is 53.7 Å². The molecule has 17 heteroatoms. The zero-order chi connectivity index (χ0) is 36.6. The first-order chi connectivity index (χ1) is 24.9. The summed E-state index contributed by atoms with van der Waals surface area (Å²) in [6, 6.07) is 19.2. The van der Waals surface area contributed by atoms with Crippen LogP contribution in [0.15, 0.2) is 96.3 Å². The van der Waals surface area contributed by atoms with Crippen molar-refractivity contribution in [2.24, 2.45) is 7.05 Å². The number of nitrogens with one attached hydrogen (secondary N) is 1. The Labute approximate surface area is 296 Å². The van der Waals surface area contributed by atoms with Crippen LogP contribution in [0.5, 0.6) is 0 Å². The highest BCUT2D eigenvalue weighted by atomic mass is 32.2. The monoisotopic (exact) mass is 731 g/mol. The summed E-state index contributed by atoms with van der Waals surface area (Å²) in [7, 11) is -2.72. The molecule has 0 spiro atoms. The van der Waals surface area contributed by atoms with Crippen LogP contribution in [0.4, 0.5) is 23.9 Å². The Morgan fingerprint density at radius 2 is 1.71 bits per heavy atom. The van der Waals surface area contributed by atoms with Crippen molar-refractivity contribution in [1.29, 1.82) is 0 Å². The van der Waals surface area contributed by atoms with Gasteiger partial charge in [0.05, 0.1) is 22.5 Å². The van der Waals surface area contributed by atoms with Gasteiger partial charge in [0.15, 0.2) is 5.65 Å². The average molecular weight is 732 g/mol. The van der Waals surface area contributed by atoms with Crippen molar-refractivity contribution in [3.05, 3.63) is 103 Å². The second-order valence-electron chi connectivity index (χ2n) is 12.4. The van der Waals surface area contributed by atoms with E-state index in [0.717, 1.165) is 15.7 Å². The Hall–Kier alpha value is -5.84. The SMILES string of the molecule is C[C@@H]1CC[C@@H](Nc2ncc(C(F)(F)F)c(-c3cn(S(=O)(=O)c4ccccc4)c4nc(-c5cnnn5C)ccc34)n2)CN1C(=O)OCc1ccccc1. The van der Waals surface area contributed by atoms with E-state index in [1.54, 1.807) is 36.2 Å². The molecule has 0 saturated carbocycles. The Balaban J connectivity index is 1.26. The number of aryl methyl sites for hydroxylation is 1. The van der Waals surface area contributed by atoms with Crippen molar-refractivity contribution < 1.29 is 31.1 Å². The first-order valence-electron chi connectivity index (χ1n) is 16.3. The number of anilines is 1. The van der Waals surface area contributed by atoms with Crippen molar-refractivity contribution in [1.82, 2.24) is 38.8 Å². The van der Waals surface area contributed by atoms with E-state index in [1.165, 1.54) is 29.1 Å². The third kappa shape index (κ3) is 6.78. The van der Waals surface area contributed by atoms with Gasteiger partial charge in [-0.2, -0.15) is 13.2 Å². The maximum atomic E-state index is 14.6. The maximum absolute atomic E-state index is 14.6. The first-order valence-corrected chi connectivity index (χ1v) is 17.7. The molecule has 4 aromatic heterocycles. The van der Waals surface area contributed by atoms with Crippen LogP contribution in [0.1, 0.15) is 30.9 Å². The minimum absolute atomic E-state index is 0.0904. The second-order valence-corrected chi connectivity index (χ2v) is 14.2. The number of halogens is 3. The smallest absolute Gasteiger partial charge is 0.419 e. The number of benzene rings is 2. The predicted octanol–water partition coefficient (Wildman–Crippen LogP) is 6.15. The fraction of sp³-hybridized carbons (Fsp3) is 0.257. The lowest BCUT2D eigenvalue weighted by atomic mass is 10.00. The van der Waals surface area contributed by atoms with Crippen LogP contribution in [0.3, 0.4) is 0 Å². The highest BCUT2D eigenvalue weighted by molar-refractivity contribution is 7.90. The number of amides is 1. The topological polar surface area (TPSA) is 150 Å². The molecule has 1 aliphatic rings. The standard InChI is InChI=1S/C35H32F3N9O4S/c1-22-13-14-24(19-46(22)34(48)51-21-23-9-5-3-6-10-23)41-33-39-17-28(35(36,37)38)31(43-33)27-20-47(52(49,50)25-11-7-4-8-12-25)32-26(27)15-16-29(42-32)30-18-40-44-45(30)2/h3-12,15-18,20,22,24H,13-14,19,21H2,1-2H3,(H,39,41,43)/t22-,24-/m1/s1. The van der Waals surface area contributed by atoms with Gasteiger partial charge in [-0.25, -0.2) is 36.8 Å². The predicted molar refractivity (Wildman–Crippen MR) is 184 cm³/mol. The van der Waals surface area contributed by atoms with Crippen molar-refractivity contribution in [3.63, 3.8) is 0 Å². The van der Waals surface area contributed by atoms with E-state index in [0.29, 0.717) is 30.4 Å². The van der Waals surface area contributed by atoms with E-state index < -0.39 is 39.6 Å². The Morgan fingerprint density at radius 1 is 0.981 bits per heavy atom. The van der Waals surface area contributed by atoms with E-state index in [-0.39, 0.29) is 46.6 Å². The summed E-state index contributed by atoms with van der Waals surface area (Å²) in [5.41, 5.74) is -0.373. The van der Waals surface area contributed by atoms with Crippen molar-refractivity contribution in [2.45, 2.75) is 49.5 Å². The molecule has 7 rings (SSSR count). The molecule has 13 nitrogen and oxygen atoms in total. The number of carbonyl (C=O) groups is 1. The van der Waals surface area contributed by atoms with Crippen LogP contribution in [0.25, 0.3) is 33.7 Å². The molecule has 6 aromatic rings. The van der Waals surface area contributed by atoms with Crippen molar-refractivity contribution >= 4 is 33.1 Å². The molecular weight excluding hydrogens is 700 g/mol. The quantitative estimate of drug-likeness (QED) is 0.193. The van der Waals surface area contributed by atoms with Gasteiger partial charge in [-0.15, -0.1) is 5.10 Å². The maximum Gasteiger partial charge on any atom is 0.419 e. The number of hydrogen-bond donors (Lipinski definition) is 1. The van der Waals surface area contributed by atoms with E-state index in [2.05, 4.69) is 30.6 Å². The minimum atomic E-state index is -4.89. The van der Waals surface area contributed by atoms with E-state index in [4.69, 9.17) is 4.74 Å². The van der Waals surface area contributed by atoms with Crippen LogP contribution < -0.4 is 5.32 Å². The lowest BCUT2D eigenvalue weighted by molar-refractivity contribution is -0.137. The number of carbonyl (C=O) groups excluding carboxylic acids is 1. The number of fused-ring (bicyclic) bond motifs is 1. The van der Waals surface area contributed by atoms with Gasteiger partial charge in [0.25, 0.3) is 10.0 Å². The molecule has 0 aliphatic carbocycles. The van der Waals surface area contributed by atoms with Gasteiger partial charge in [0.1, 0.15) is 17.9 Å². The van der Waals surface area contributed by atoms with Gasteiger partial charge in [0.2, 0.25) is 5.95 Å². The van der Waals surface area contributed by atoms with Gasteiger partial charge in [-0.05, 0) is 49.6 Å². The van der Waals surface area contributed by atoms with Gasteiger partial charge in [-0.3, -0.25) is 0 Å². The molecular formula is C35H32F3N9O4S. The molecule has 1 saturated heterocycles. The number of likely N-dealkylation sites (tertiary alicyclic amines) is 1. The molecule has 2 atom stereocenters. The molecule has 2 aromatic carbocycles. The minimum Gasteiger partial charge on any atom is -0.445 e. The van der Waals surface area contributed by atoms with E-state index in [1.807, 2.05) is 37.3 Å². The van der Waals surface area contributed by atoms with Gasteiger partial charge < -0.3 is 15.0 Å². The highest BCUT2D eigenvalue weighted by Gasteiger charge is 2.38. The molecule has 5 heterocycles. The summed E-state index contributed by atoms with van der Waals surface area (Å²) in [6.07, 6.45) is -1.04. The number of aromatic nitrogens is 7. The molecule has 1 fully saturated rings. The fourth-order valence-corrected chi connectivity index (χ4v) is 7.48. The van der Waals surface area contributed by atoms with Crippen LogP contribution in [-0.2, 0) is 34.6 Å². The van der Waals surface area contributed by atoms with Crippen LogP contribution in [0, 0.1) is 0 Å². The molecule has 0 unspecified atom stereocenters. The number of hydrogen-bond acceptors (Lipinski definition) is 10. The third-order valence-electron chi connectivity index (χ3n) is 8.90. The summed E-state index contributed by atoms with van der Waals surface area (Å²) < 4.78 is 79.6. The largest absolute Gasteiger partial charge is 0.445 e. The Bertz CT molecular complexity index is 2350. The number of pyridine rings is 1. The van der Waals surface area contributed by atoms with Crippen LogP contribution in [0.2, 0.25) is 0 Å². The normalized spacial score (nSPS) is 16.6. The summed E-state index contributed by atoms with van der Waals surface area (Å²) in [6.45, 7) is 2.18. The molecule has 52 heavy (non-hydrogen) atoms. The molecule has 0 radical (unpaired) electrons. The molecule has 268 valence electrons. The number of rotatable bonds is 8. The van der Waals surface area contributed by atoms with Crippen molar-refractivity contribution in [2.75, 3.05) is 11.9 Å². The lowest BCUT2D eigenvalue weighted by Gasteiger charge is -2.37. The van der Waals surface area contributed by atoms with Gasteiger partial charge >= 0.3 is 12.3 Å². The number of alkyl halides is 3. The number of ether oxygens (including phenoxy) is 1. The Morgan fingerprint density at radius 3 is 2.40 bits per heavy atom. The van der Waals surface area contributed by atoms with E-state index >= 15 is 0 Å². The fourth-order valence-electron chi connectivity index (χ4n) is 6.14.